The Kier molecular flexibility index (Phi) is 3.37. The van der Waals surface area contributed by atoms with Gasteiger partial charge in [-0.3, -0.25) is 0 Å². The van der Waals surface area contributed by atoms with Crippen LogP contribution in [-0.4, -0.2) is 22.4 Å². The summed E-state index contributed by atoms with van der Waals surface area (Å²) in [5, 5.41) is 9.14. The number of unbranched alkanes of at least 4 members (excludes halogenated alkanes) is 1. The second kappa shape index (κ2) is 4.54. The van der Waals surface area contributed by atoms with Gasteiger partial charge in [0.1, 0.15) is 0 Å². The number of aromatic hydroxyl groups is 1. The van der Waals surface area contributed by atoms with Crippen LogP contribution in [0.1, 0.15) is 19.8 Å². The minimum atomic E-state index is -0.532. The summed E-state index contributed by atoms with van der Waals surface area (Å²) in [6.07, 6.45) is 2.75. The third-order valence-corrected chi connectivity index (χ3v) is 1.65. The Bertz CT molecular complexity index is 280. The molecule has 0 unspecified atom stereocenters. The molecule has 0 saturated carbocycles. The lowest BCUT2D eigenvalue weighted by molar-refractivity contribution is 0.144. The first kappa shape index (κ1) is 9.64. The van der Waals surface area contributed by atoms with Crippen molar-refractivity contribution >= 4 is 6.09 Å². The smallest absolute Gasteiger partial charge is 0.420 e. The predicted octanol–water partition coefficient (Wildman–Crippen LogP) is 1.98. The highest BCUT2D eigenvalue weighted by Crippen LogP contribution is 2.09. The molecule has 0 amide bonds. The van der Waals surface area contributed by atoms with E-state index >= 15 is 0 Å². The van der Waals surface area contributed by atoms with Crippen molar-refractivity contribution in [2.24, 2.45) is 0 Å². The summed E-state index contributed by atoms with van der Waals surface area (Å²) in [6, 6.07) is 3.01. The summed E-state index contributed by atoms with van der Waals surface area (Å²) < 4.78 is 5.94. The first-order valence-electron chi connectivity index (χ1n) is 4.29. The Balaban J connectivity index is 2.45. The average Bonchev–Trinajstić information content (AvgIpc) is 2.52. The lowest BCUT2D eigenvalue weighted by atomic mass is 10.4. The lowest BCUT2D eigenvalue weighted by Gasteiger charge is -2.04. The summed E-state index contributed by atoms with van der Waals surface area (Å²) in [7, 11) is 0. The first-order valence-corrected chi connectivity index (χ1v) is 4.29. The molecule has 0 radical (unpaired) electrons. The molecule has 1 heterocycles. The Morgan fingerprint density at radius 2 is 2.46 bits per heavy atom. The predicted molar refractivity (Wildman–Crippen MR) is 47.8 cm³/mol. The number of nitrogens with zero attached hydrogens (tertiary/aromatic N) is 1. The fourth-order valence-electron chi connectivity index (χ4n) is 0.900. The number of hydrogen-bond acceptors (Lipinski definition) is 3. The topological polar surface area (TPSA) is 51.5 Å². The molecule has 0 aromatic carbocycles. The quantitative estimate of drug-likeness (QED) is 0.729. The van der Waals surface area contributed by atoms with E-state index in [2.05, 4.69) is 0 Å². The molecule has 0 bridgehead atoms. The van der Waals surface area contributed by atoms with Crippen LogP contribution in [0, 0.1) is 0 Å². The van der Waals surface area contributed by atoms with E-state index in [1.54, 1.807) is 6.07 Å². The van der Waals surface area contributed by atoms with Crippen molar-refractivity contribution in [1.29, 1.82) is 0 Å². The molecule has 0 atom stereocenters. The fourth-order valence-corrected chi connectivity index (χ4v) is 0.900. The van der Waals surface area contributed by atoms with Crippen LogP contribution < -0.4 is 0 Å². The molecule has 1 aromatic rings. The van der Waals surface area contributed by atoms with Crippen molar-refractivity contribution < 1.29 is 14.6 Å². The SMILES string of the molecule is CCCCOC(=O)n1cccc1O. The van der Waals surface area contributed by atoms with Crippen molar-refractivity contribution in [3.63, 3.8) is 0 Å². The molecule has 0 saturated heterocycles. The number of rotatable bonds is 3. The summed E-state index contributed by atoms with van der Waals surface area (Å²) in [5.41, 5.74) is 0. The number of ether oxygens (including phenoxy) is 1. The number of carbonyl (C=O) groups is 1. The Labute approximate surface area is 76.7 Å². The van der Waals surface area contributed by atoms with Crippen molar-refractivity contribution in [2.45, 2.75) is 19.8 Å². The maximum atomic E-state index is 11.2. The summed E-state index contributed by atoms with van der Waals surface area (Å²) >= 11 is 0. The first-order chi connectivity index (χ1) is 6.25. The van der Waals surface area contributed by atoms with Crippen molar-refractivity contribution in [3.05, 3.63) is 18.3 Å². The molecule has 0 aliphatic heterocycles. The summed E-state index contributed by atoms with van der Waals surface area (Å²) in [6.45, 7) is 2.41. The van der Waals surface area contributed by atoms with Crippen LogP contribution in [0.2, 0.25) is 0 Å². The molecule has 0 aliphatic carbocycles. The van der Waals surface area contributed by atoms with Gasteiger partial charge in [-0.15, -0.1) is 0 Å². The van der Waals surface area contributed by atoms with Crippen molar-refractivity contribution in [2.75, 3.05) is 6.61 Å². The molecule has 0 fully saturated rings. The van der Waals surface area contributed by atoms with E-state index in [9.17, 15) is 4.79 Å². The number of aromatic nitrogens is 1. The van der Waals surface area contributed by atoms with E-state index in [0.717, 1.165) is 17.4 Å². The molecule has 4 heteroatoms. The lowest BCUT2D eigenvalue weighted by Crippen LogP contribution is -2.12. The largest absolute Gasteiger partial charge is 0.494 e. The van der Waals surface area contributed by atoms with Gasteiger partial charge in [0.25, 0.3) is 0 Å². The molecule has 1 rings (SSSR count). The van der Waals surface area contributed by atoms with Gasteiger partial charge in [0, 0.05) is 12.3 Å². The molecule has 72 valence electrons. The molecule has 4 nitrogen and oxygen atoms in total. The maximum absolute atomic E-state index is 11.2. The van der Waals surface area contributed by atoms with E-state index in [-0.39, 0.29) is 5.88 Å². The molecule has 0 aliphatic rings. The third-order valence-electron chi connectivity index (χ3n) is 1.65. The van der Waals surface area contributed by atoms with Crippen LogP contribution in [0.4, 0.5) is 4.79 Å². The van der Waals surface area contributed by atoms with Crippen LogP contribution in [0.15, 0.2) is 18.3 Å². The molecule has 0 spiro atoms. The maximum Gasteiger partial charge on any atom is 0.420 e. The van der Waals surface area contributed by atoms with E-state index in [1.807, 2.05) is 6.92 Å². The standard InChI is InChI=1S/C9H13NO3/c1-2-3-7-13-9(12)10-6-4-5-8(10)11/h4-6,11H,2-3,7H2,1H3. The van der Waals surface area contributed by atoms with Crippen LogP contribution in [0.3, 0.4) is 0 Å². The summed E-state index contributed by atoms with van der Waals surface area (Å²) in [4.78, 5) is 11.2. The third kappa shape index (κ3) is 2.50. The van der Waals surface area contributed by atoms with Gasteiger partial charge in [-0.2, -0.15) is 0 Å². The fraction of sp³-hybridized carbons (Fsp3) is 0.444. The minimum absolute atomic E-state index is 0.0958. The second-order valence-electron chi connectivity index (χ2n) is 2.70. The van der Waals surface area contributed by atoms with Gasteiger partial charge in [-0.05, 0) is 12.5 Å². The molecule has 1 aromatic heterocycles. The van der Waals surface area contributed by atoms with Crippen LogP contribution in [0.25, 0.3) is 0 Å². The van der Waals surface area contributed by atoms with E-state index in [0.29, 0.717) is 6.61 Å². The van der Waals surface area contributed by atoms with Crippen LogP contribution >= 0.6 is 0 Å². The highest BCUT2D eigenvalue weighted by molar-refractivity contribution is 5.72. The zero-order chi connectivity index (χ0) is 9.68. The van der Waals surface area contributed by atoms with Crippen molar-refractivity contribution in [1.82, 2.24) is 4.57 Å². The minimum Gasteiger partial charge on any atom is -0.494 e. The average molecular weight is 183 g/mol. The Morgan fingerprint density at radius 1 is 1.69 bits per heavy atom. The van der Waals surface area contributed by atoms with Gasteiger partial charge < -0.3 is 9.84 Å². The molecule has 1 N–H and O–H groups in total. The van der Waals surface area contributed by atoms with E-state index < -0.39 is 6.09 Å². The second-order valence-corrected chi connectivity index (χ2v) is 2.70. The van der Waals surface area contributed by atoms with E-state index in [4.69, 9.17) is 9.84 Å². The van der Waals surface area contributed by atoms with Gasteiger partial charge >= 0.3 is 6.09 Å². The number of hydrogen-bond donors (Lipinski definition) is 1. The molecular weight excluding hydrogens is 170 g/mol. The van der Waals surface area contributed by atoms with Gasteiger partial charge in [0.2, 0.25) is 5.88 Å². The van der Waals surface area contributed by atoms with Gasteiger partial charge in [-0.1, -0.05) is 13.3 Å². The van der Waals surface area contributed by atoms with Crippen molar-refractivity contribution in [3.8, 4) is 5.88 Å². The zero-order valence-electron chi connectivity index (χ0n) is 7.56. The summed E-state index contributed by atoms with van der Waals surface area (Å²) in [5.74, 6) is -0.0958. The van der Waals surface area contributed by atoms with Gasteiger partial charge in [0.05, 0.1) is 6.61 Å². The Hall–Kier alpha value is -1.45. The Morgan fingerprint density at radius 3 is 3.00 bits per heavy atom. The highest BCUT2D eigenvalue weighted by atomic mass is 16.6. The monoisotopic (exact) mass is 183 g/mol. The normalized spacial score (nSPS) is 9.92. The van der Waals surface area contributed by atoms with Crippen LogP contribution in [-0.2, 0) is 4.74 Å². The zero-order valence-corrected chi connectivity index (χ0v) is 7.56. The highest BCUT2D eigenvalue weighted by Gasteiger charge is 2.08. The van der Waals surface area contributed by atoms with Crippen LogP contribution in [0.5, 0.6) is 5.88 Å². The van der Waals surface area contributed by atoms with Gasteiger partial charge in [-0.25, -0.2) is 9.36 Å². The number of carbonyl (C=O) groups excluding carboxylic acids is 1. The molecular formula is C9H13NO3. The van der Waals surface area contributed by atoms with E-state index in [1.165, 1.54) is 12.3 Å². The van der Waals surface area contributed by atoms with Gasteiger partial charge in [0.15, 0.2) is 0 Å². The molecule has 13 heavy (non-hydrogen) atoms.